The zero-order valence-corrected chi connectivity index (χ0v) is 11.6. The van der Waals surface area contributed by atoms with Gasteiger partial charge >= 0.3 is 0 Å². The van der Waals surface area contributed by atoms with Crippen molar-refractivity contribution in [3.05, 3.63) is 38.9 Å². The maximum absolute atomic E-state index is 12.5. The molecule has 3 rings (SSSR count). The zero-order valence-electron chi connectivity index (χ0n) is 10.0. The number of halogens is 1. The average molecular weight is 309 g/mol. The van der Waals surface area contributed by atoms with E-state index in [1.54, 1.807) is 10.9 Å². The van der Waals surface area contributed by atoms with E-state index in [1.807, 2.05) is 19.1 Å². The van der Waals surface area contributed by atoms with Gasteiger partial charge in [-0.2, -0.15) is 0 Å². The molecule has 18 heavy (non-hydrogen) atoms. The van der Waals surface area contributed by atoms with Crippen LogP contribution in [0.1, 0.15) is 18.0 Å². The van der Waals surface area contributed by atoms with Crippen LogP contribution < -0.4 is 5.56 Å². The maximum Gasteiger partial charge on any atom is 0.261 e. The van der Waals surface area contributed by atoms with Crippen molar-refractivity contribution in [1.29, 1.82) is 0 Å². The third kappa shape index (κ3) is 1.78. The molecule has 1 aromatic heterocycles. The van der Waals surface area contributed by atoms with Gasteiger partial charge in [0.05, 0.1) is 29.9 Å². The minimum Gasteiger partial charge on any atom is -0.379 e. The molecule has 0 unspecified atom stereocenters. The topological polar surface area (TPSA) is 44.1 Å². The number of aryl methyl sites for hydroxylation is 1. The highest BCUT2D eigenvalue weighted by Crippen LogP contribution is 2.23. The highest BCUT2D eigenvalue weighted by molar-refractivity contribution is 9.10. The minimum atomic E-state index is 0.0225. The first-order valence-electron chi connectivity index (χ1n) is 5.92. The Hall–Kier alpha value is -1.20. The fraction of sp³-hybridized carbons (Fsp3) is 0.385. The second-order valence-electron chi connectivity index (χ2n) is 4.54. The number of hydrogen-bond acceptors (Lipinski definition) is 3. The minimum absolute atomic E-state index is 0.0225. The first-order valence-corrected chi connectivity index (χ1v) is 6.71. The van der Waals surface area contributed by atoms with Gasteiger partial charge in [-0.25, -0.2) is 4.98 Å². The van der Waals surface area contributed by atoms with Crippen molar-refractivity contribution in [2.24, 2.45) is 0 Å². The summed E-state index contributed by atoms with van der Waals surface area (Å²) in [6.07, 6.45) is 2.51. The lowest BCUT2D eigenvalue weighted by Crippen LogP contribution is -2.26. The first-order chi connectivity index (χ1) is 8.68. The summed E-state index contributed by atoms with van der Waals surface area (Å²) in [6.45, 7) is 3.25. The highest BCUT2D eigenvalue weighted by Gasteiger charge is 2.20. The summed E-state index contributed by atoms with van der Waals surface area (Å²) in [5, 5.41) is 0.693. The third-order valence-corrected chi connectivity index (χ3v) is 4.30. The predicted octanol–water partition coefficient (Wildman–Crippen LogP) is 2.43. The maximum atomic E-state index is 12.5. The van der Waals surface area contributed by atoms with Gasteiger partial charge in [0, 0.05) is 11.1 Å². The number of aromatic nitrogens is 2. The van der Waals surface area contributed by atoms with Crippen LogP contribution in [0.3, 0.4) is 0 Å². The summed E-state index contributed by atoms with van der Waals surface area (Å²) in [4.78, 5) is 16.9. The molecule has 0 N–H and O–H groups in total. The summed E-state index contributed by atoms with van der Waals surface area (Å²) in [7, 11) is 0. The lowest BCUT2D eigenvalue weighted by molar-refractivity contribution is 0.186. The van der Waals surface area contributed by atoms with Gasteiger partial charge < -0.3 is 4.74 Å². The summed E-state index contributed by atoms with van der Waals surface area (Å²) in [6, 6.07) is 3.91. The summed E-state index contributed by atoms with van der Waals surface area (Å²) in [5.41, 5.74) is 1.71. The van der Waals surface area contributed by atoms with E-state index in [2.05, 4.69) is 20.9 Å². The standard InChI is InChI=1S/C13H13BrN2O2/c1-8-10(14)2-3-11-12(8)13(17)16(7-15-11)9-4-5-18-6-9/h2-3,7,9H,4-6H2,1H3/t9-/m0/s1. The second-order valence-corrected chi connectivity index (χ2v) is 5.40. The third-order valence-electron chi connectivity index (χ3n) is 3.45. The lowest BCUT2D eigenvalue weighted by Gasteiger charge is -2.13. The Morgan fingerprint density at radius 2 is 2.33 bits per heavy atom. The van der Waals surface area contributed by atoms with E-state index < -0.39 is 0 Å². The van der Waals surface area contributed by atoms with Gasteiger partial charge in [0.25, 0.3) is 5.56 Å². The monoisotopic (exact) mass is 308 g/mol. The van der Waals surface area contributed by atoms with Crippen LogP contribution in [-0.2, 0) is 4.74 Å². The van der Waals surface area contributed by atoms with Crippen LogP contribution in [0.25, 0.3) is 10.9 Å². The highest BCUT2D eigenvalue weighted by atomic mass is 79.9. The molecule has 5 heteroatoms. The quantitative estimate of drug-likeness (QED) is 0.812. The van der Waals surface area contributed by atoms with Gasteiger partial charge in [0.2, 0.25) is 0 Å². The number of nitrogens with zero attached hydrogens (tertiary/aromatic N) is 2. The van der Waals surface area contributed by atoms with Crippen LogP contribution in [0, 0.1) is 6.92 Å². The number of ether oxygens (including phenoxy) is 1. The second kappa shape index (κ2) is 4.48. The van der Waals surface area contributed by atoms with Crippen LogP contribution in [0.15, 0.2) is 27.7 Å². The smallest absolute Gasteiger partial charge is 0.261 e. The lowest BCUT2D eigenvalue weighted by atomic mass is 10.1. The molecule has 0 amide bonds. The van der Waals surface area contributed by atoms with Crippen LogP contribution in [0.5, 0.6) is 0 Å². The molecule has 4 nitrogen and oxygen atoms in total. The Labute approximate surface area is 113 Å². The summed E-state index contributed by atoms with van der Waals surface area (Å²) < 4.78 is 7.98. The van der Waals surface area contributed by atoms with E-state index >= 15 is 0 Å². The largest absolute Gasteiger partial charge is 0.379 e. The molecular weight excluding hydrogens is 296 g/mol. The van der Waals surface area contributed by atoms with Crippen molar-refractivity contribution in [2.45, 2.75) is 19.4 Å². The SMILES string of the molecule is Cc1c(Br)ccc2ncn([C@H]3CCOC3)c(=O)c12. The van der Waals surface area contributed by atoms with Crippen LogP contribution in [0.4, 0.5) is 0 Å². The molecule has 1 aliphatic heterocycles. The number of rotatable bonds is 1. The molecular formula is C13H13BrN2O2. The Morgan fingerprint density at radius 3 is 3.06 bits per heavy atom. The van der Waals surface area contributed by atoms with Crippen molar-refractivity contribution < 1.29 is 4.74 Å². The molecule has 2 aromatic rings. The Bertz CT molecular complexity index is 660. The number of hydrogen-bond donors (Lipinski definition) is 0. The van der Waals surface area contributed by atoms with E-state index in [0.717, 1.165) is 22.0 Å². The van der Waals surface area contributed by atoms with E-state index in [-0.39, 0.29) is 11.6 Å². The molecule has 1 saturated heterocycles. The number of fused-ring (bicyclic) bond motifs is 1. The number of benzene rings is 1. The summed E-state index contributed by atoms with van der Waals surface area (Å²) >= 11 is 3.46. The Kier molecular flexibility index (Phi) is 2.95. The van der Waals surface area contributed by atoms with Gasteiger partial charge in [-0.1, -0.05) is 15.9 Å². The van der Waals surface area contributed by atoms with Crippen LogP contribution in [0.2, 0.25) is 0 Å². The van der Waals surface area contributed by atoms with E-state index in [4.69, 9.17) is 4.74 Å². The van der Waals surface area contributed by atoms with Crippen molar-refractivity contribution >= 4 is 26.8 Å². The molecule has 2 heterocycles. The van der Waals surface area contributed by atoms with Crippen molar-refractivity contribution in [3.8, 4) is 0 Å². The molecule has 0 saturated carbocycles. The van der Waals surface area contributed by atoms with Crippen LogP contribution >= 0.6 is 15.9 Å². The zero-order chi connectivity index (χ0) is 12.7. The molecule has 1 fully saturated rings. The van der Waals surface area contributed by atoms with Gasteiger partial charge in [0.15, 0.2) is 0 Å². The van der Waals surface area contributed by atoms with Gasteiger partial charge in [-0.15, -0.1) is 0 Å². The average Bonchev–Trinajstić information content (AvgIpc) is 2.87. The first kappa shape index (κ1) is 11.9. The van der Waals surface area contributed by atoms with Gasteiger partial charge in [0.1, 0.15) is 0 Å². The molecule has 0 aliphatic carbocycles. The molecule has 0 spiro atoms. The molecule has 0 bridgehead atoms. The Morgan fingerprint density at radius 1 is 1.50 bits per heavy atom. The Balaban J connectivity index is 2.27. The van der Waals surface area contributed by atoms with Crippen LogP contribution in [-0.4, -0.2) is 22.8 Å². The van der Waals surface area contributed by atoms with E-state index in [1.165, 1.54) is 0 Å². The van der Waals surface area contributed by atoms with E-state index in [0.29, 0.717) is 18.6 Å². The fourth-order valence-corrected chi connectivity index (χ4v) is 2.69. The molecule has 94 valence electrons. The van der Waals surface area contributed by atoms with Crippen molar-refractivity contribution in [2.75, 3.05) is 13.2 Å². The van der Waals surface area contributed by atoms with Crippen molar-refractivity contribution in [1.82, 2.24) is 9.55 Å². The normalized spacial score (nSPS) is 19.6. The van der Waals surface area contributed by atoms with Crippen molar-refractivity contribution in [3.63, 3.8) is 0 Å². The fourth-order valence-electron chi connectivity index (χ4n) is 2.36. The molecule has 1 atom stereocenters. The molecule has 0 radical (unpaired) electrons. The van der Waals surface area contributed by atoms with Gasteiger partial charge in [-0.05, 0) is 31.0 Å². The van der Waals surface area contributed by atoms with Gasteiger partial charge in [-0.3, -0.25) is 9.36 Å². The van der Waals surface area contributed by atoms with E-state index in [9.17, 15) is 4.79 Å². The molecule has 1 aliphatic rings. The summed E-state index contributed by atoms with van der Waals surface area (Å²) in [5.74, 6) is 0. The predicted molar refractivity (Wildman–Crippen MR) is 72.9 cm³/mol. The molecule has 1 aromatic carbocycles.